The van der Waals surface area contributed by atoms with Crippen molar-refractivity contribution in [2.45, 2.75) is 96.0 Å². The minimum Gasteiger partial charge on any atom is -0.449 e. The highest BCUT2D eigenvalue weighted by molar-refractivity contribution is 5.91. The Balaban J connectivity index is 2.23. The van der Waals surface area contributed by atoms with E-state index >= 15 is 0 Å². The molecular formula is C31H35F9N4O4. The molecule has 3 N–H and O–H groups in total. The van der Waals surface area contributed by atoms with Crippen LogP contribution in [0.15, 0.2) is 41.6 Å². The molecule has 1 aliphatic heterocycles. The van der Waals surface area contributed by atoms with Gasteiger partial charge in [-0.15, -0.1) is 0 Å². The Morgan fingerprint density at radius 3 is 2.04 bits per heavy atom. The average molecular weight is 699 g/mol. The van der Waals surface area contributed by atoms with Crippen molar-refractivity contribution in [3.63, 3.8) is 0 Å². The molecule has 0 radical (unpaired) electrons. The van der Waals surface area contributed by atoms with E-state index in [-0.39, 0.29) is 43.2 Å². The number of carbonyl (C=O) groups excluding carboxylic acids is 2. The summed E-state index contributed by atoms with van der Waals surface area (Å²) in [4.78, 5) is 31.1. The predicted octanol–water partition coefficient (Wildman–Crippen LogP) is 8.66. The Morgan fingerprint density at radius 2 is 1.52 bits per heavy atom. The van der Waals surface area contributed by atoms with Crippen LogP contribution in [0.5, 0.6) is 0 Å². The number of benzene rings is 2. The third-order valence-corrected chi connectivity index (χ3v) is 7.64. The van der Waals surface area contributed by atoms with Crippen LogP contribution in [0.4, 0.5) is 50.0 Å². The number of amidine groups is 1. The molecule has 2 aromatic carbocycles. The molecule has 0 bridgehead atoms. The predicted molar refractivity (Wildman–Crippen MR) is 157 cm³/mol. The topological polar surface area (TPSA) is 106 Å². The lowest BCUT2D eigenvalue weighted by Crippen LogP contribution is -2.48. The largest absolute Gasteiger partial charge is 0.449 e. The smallest absolute Gasteiger partial charge is 0.416 e. The quantitative estimate of drug-likeness (QED) is 0.0608. The van der Waals surface area contributed by atoms with E-state index in [4.69, 9.17) is 15.3 Å². The van der Waals surface area contributed by atoms with E-state index in [1.54, 1.807) is 6.92 Å². The molecule has 1 unspecified atom stereocenters. The second-order valence-corrected chi connectivity index (χ2v) is 11.1. The molecule has 2 aromatic rings. The third kappa shape index (κ3) is 9.54. The first-order valence-electron chi connectivity index (χ1n) is 15.1. The van der Waals surface area contributed by atoms with Gasteiger partial charge in [-0.25, -0.2) is 9.59 Å². The highest BCUT2D eigenvalue weighted by Crippen LogP contribution is 2.44. The Hall–Kier alpha value is -4.02. The number of oxime groups is 1. The molecule has 1 heterocycles. The summed E-state index contributed by atoms with van der Waals surface area (Å²) in [7, 11) is 0. The van der Waals surface area contributed by atoms with Crippen LogP contribution in [0, 0.1) is 0 Å². The molecule has 0 aromatic heterocycles. The standard InChI is InChI=1S/C31H35F9N4O4/c1-4-7-8-9-25(45)48-43-27(41)26(17-12-19(30(35,36)37)14-20(13-17)31(38,39)40)42-23-16-21(5-2)44(28(46)47-6-3)24-11-10-18(15-22(23)24)29(32,33)34/h10-15,21,23,26,42H,4-9,16H2,1-3H3,(H2,41,43)/t21-,23+,26?/m1/s1. The van der Waals surface area contributed by atoms with Crippen LogP contribution < -0.4 is 16.0 Å². The van der Waals surface area contributed by atoms with Gasteiger partial charge < -0.3 is 15.3 Å². The summed E-state index contributed by atoms with van der Waals surface area (Å²) in [5, 5.41) is 6.27. The van der Waals surface area contributed by atoms with E-state index in [1.165, 1.54) is 6.92 Å². The molecule has 3 atom stereocenters. The number of nitrogens with zero attached hydrogens (tertiary/aromatic N) is 2. The molecule has 266 valence electrons. The van der Waals surface area contributed by atoms with Gasteiger partial charge in [0.2, 0.25) is 0 Å². The molecule has 1 aliphatic rings. The van der Waals surface area contributed by atoms with Gasteiger partial charge >= 0.3 is 30.6 Å². The SMILES string of the molecule is CCCCCC(=O)O/N=C(\N)C(N[C@H]1C[C@@H](CC)N(C(=O)OCC)c2ccc(C(F)(F)F)cc21)c1cc(C(F)(F)F)cc(C(F)(F)F)c1. The lowest BCUT2D eigenvalue weighted by atomic mass is 9.87. The first-order valence-corrected chi connectivity index (χ1v) is 15.1. The molecule has 3 rings (SSSR count). The van der Waals surface area contributed by atoms with Crippen molar-refractivity contribution >= 4 is 23.6 Å². The number of anilines is 1. The van der Waals surface area contributed by atoms with E-state index < -0.39 is 76.8 Å². The Morgan fingerprint density at radius 1 is 0.917 bits per heavy atom. The molecule has 0 saturated heterocycles. The summed E-state index contributed by atoms with van der Waals surface area (Å²) in [5.41, 5.74) is 0.649. The average Bonchev–Trinajstić information content (AvgIpc) is 3.00. The van der Waals surface area contributed by atoms with Gasteiger partial charge in [-0.3, -0.25) is 10.2 Å². The van der Waals surface area contributed by atoms with E-state index in [9.17, 15) is 49.1 Å². The summed E-state index contributed by atoms with van der Waals surface area (Å²) in [5.74, 6) is -1.65. The van der Waals surface area contributed by atoms with Crippen LogP contribution in [-0.4, -0.2) is 30.5 Å². The maximum atomic E-state index is 13.8. The molecule has 0 saturated carbocycles. The van der Waals surface area contributed by atoms with Crippen molar-refractivity contribution < 1.29 is 58.7 Å². The van der Waals surface area contributed by atoms with Gasteiger partial charge in [-0.05, 0) is 73.7 Å². The highest BCUT2D eigenvalue weighted by Gasteiger charge is 2.42. The first-order chi connectivity index (χ1) is 22.3. The lowest BCUT2D eigenvalue weighted by molar-refractivity contribution is -0.144. The number of carbonyl (C=O) groups is 2. The fraction of sp³-hybridized carbons (Fsp3) is 0.516. The summed E-state index contributed by atoms with van der Waals surface area (Å²) >= 11 is 0. The van der Waals surface area contributed by atoms with Gasteiger partial charge in [0.15, 0.2) is 5.84 Å². The van der Waals surface area contributed by atoms with Crippen LogP contribution in [0.1, 0.15) is 99.2 Å². The molecule has 17 heteroatoms. The van der Waals surface area contributed by atoms with Crippen LogP contribution in [0.25, 0.3) is 0 Å². The number of nitrogens with one attached hydrogen (secondary N) is 1. The number of hydrogen-bond donors (Lipinski definition) is 2. The normalized spacial score (nSPS) is 17.9. The zero-order valence-electron chi connectivity index (χ0n) is 26.2. The summed E-state index contributed by atoms with van der Waals surface area (Å²) in [6.07, 6.45) is -14.5. The fourth-order valence-corrected chi connectivity index (χ4v) is 5.30. The second kappa shape index (κ2) is 15.5. The number of unbranched alkanes of at least 4 members (excludes halogenated alkanes) is 2. The number of alkyl halides is 9. The molecule has 0 aliphatic carbocycles. The van der Waals surface area contributed by atoms with Gasteiger partial charge in [0, 0.05) is 18.5 Å². The molecular weight excluding hydrogens is 663 g/mol. The van der Waals surface area contributed by atoms with Crippen LogP contribution in [0.2, 0.25) is 0 Å². The number of rotatable bonds is 11. The van der Waals surface area contributed by atoms with Gasteiger partial charge in [-0.1, -0.05) is 31.8 Å². The van der Waals surface area contributed by atoms with Crippen molar-refractivity contribution in [1.82, 2.24) is 5.32 Å². The number of amides is 1. The summed E-state index contributed by atoms with van der Waals surface area (Å²) < 4.78 is 130. The summed E-state index contributed by atoms with van der Waals surface area (Å²) in [6, 6.07) is -0.693. The number of nitrogens with two attached hydrogens (primary N) is 1. The third-order valence-electron chi connectivity index (χ3n) is 7.64. The second-order valence-electron chi connectivity index (χ2n) is 11.1. The number of hydrogen-bond acceptors (Lipinski definition) is 6. The van der Waals surface area contributed by atoms with Crippen molar-refractivity contribution in [2.75, 3.05) is 11.5 Å². The van der Waals surface area contributed by atoms with E-state index in [2.05, 4.69) is 10.5 Å². The van der Waals surface area contributed by atoms with Crippen molar-refractivity contribution in [3.8, 4) is 0 Å². The first kappa shape index (κ1) is 38.4. The van der Waals surface area contributed by atoms with E-state index in [0.29, 0.717) is 25.0 Å². The van der Waals surface area contributed by atoms with Crippen LogP contribution >= 0.6 is 0 Å². The monoisotopic (exact) mass is 698 g/mol. The van der Waals surface area contributed by atoms with Gasteiger partial charge in [-0.2, -0.15) is 39.5 Å². The minimum atomic E-state index is -5.25. The van der Waals surface area contributed by atoms with Gasteiger partial charge in [0.25, 0.3) is 0 Å². The highest BCUT2D eigenvalue weighted by atomic mass is 19.4. The zero-order chi connectivity index (χ0) is 36.0. The number of ether oxygens (including phenoxy) is 1. The Labute approximate surface area is 270 Å². The number of halogens is 9. The zero-order valence-corrected chi connectivity index (χ0v) is 26.2. The van der Waals surface area contributed by atoms with Crippen LogP contribution in [-0.2, 0) is 32.9 Å². The van der Waals surface area contributed by atoms with Crippen molar-refractivity contribution in [2.24, 2.45) is 10.9 Å². The summed E-state index contributed by atoms with van der Waals surface area (Å²) in [6.45, 7) is 5.00. The fourth-order valence-electron chi connectivity index (χ4n) is 5.30. The van der Waals surface area contributed by atoms with E-state index in [1.807, 2.05) is 6.92 Å². The molecule has 48 heavy (non-hydrogen) atoms. The number of fused-ring (bicyclic) bond motifs is 1. The van der Waals surface area contributed by atoms with Crippen molar-refractivity contribution in [3.05, 3.63) is 64.2 Å². The minimum absolute atomic E-state index is 0.0336. The van der Waals surface area contributed by atoms with E-state index in [0.717, 1.165) is 29.5 Å². The molecule has 1 amide bonds. The Bertz CT molecular complexity index is 1440. The van der Waals surface area contributed by atoms with Crippen molar-refractivity contribution in [1.29, 1.82) is 0 Å². The van der Waals surface area contributed by atoms with Gasteiger partial charge in [0.05, 0.1) is 35.0 Å². The van der Waals surface area contributed by atoms with Crippen LogP contribution in [0.3, 0.4) is 0 Å². The maximum Gasteiger partial charge on any atom is 0.416 e. The van der Waals surface area contributed by atoms with Gasteiger partial charge in [0.1, 0.15) is 0 Å². The molecule has 8 nitrogen and oxygen atoms in total. The maximum absolute atomic E-state index is 13.8. The lowest BCUT2D eigenvalue weighted by Gasteiger charge is -2.41. The molecule has 0 spiro atoms. The molecule has 0 fully saturated rings. The Kier molecular flexibility index (Phi) is 12.4.